The molecule has 1 rings (SSSR count). The lowest BCUT2D eigenvalue weighted by Gasteiger charge is -2.15. The zero-order chi connectivity index (χ0) is 12.7. The average molecular weight is 225 g/mol. The molecule has 1 aliphatic heterocycles. The predicted octanol–water partition coefficient (Wildman–Crippen LogP) is 1.57. The van der Waals surface area contributed by atoms with E-state index in [4.69, 9.17) is 5.73 Å². The highest BCUT2D eigenvalue weighted by atomic mass is 16.2. The highest BCUT2D eigenvalue weighted by Crippen LogP contribution is 2.15. The van der Waals surface area contributed by atoms with Crippen molar-refractivity contribution in [3.05, 3.63) is 11.3 Å². The van der Waals surface area contributed by atoms with Gasteiger partial charge in [-0.3, -0.25) is 9.79 Å². The maximum Gasteiger partial charge on any atom is 0.223 e. The van der Waals surface area contributed by atoms with E-state index in [9.17, 15) is 4.79 Å². The normalized spacial score (nSPS) is 22.4. The monoisotopic (exact) mass is 225 g/mol. The Morgan fingerprint density at radius 1 is 1.38 bits per heavy atom. The van der Waals surface area contributed by atoms with E-state index in [-0.39, 0.29) is 5.91 Å². The minimum atomic E-state index is 0.155. The zero-order valence-electron chi connectivity index (χ0n) is 11.0. The quantitative estimate of drug-likeness (QED) is 0.680. The van der Waals surface area contributed by atoms with Crippen LogP contribution in [0.5, 0.6) is 0 Å². The molecule has 2 N–H and O–H groups in total. The third kappa shape index (κ3) is 3.68. The molecule has 0 aromatic carbocycles. The molecular formula is C12H23N3O. The molecule has 0 spiro atoms. The van der Waals surface area contributed by atoms with Crippen LogP contribution in [0.4, 0.5) is 0 Å². The second-order valence-electron chi connectivity index (χ2n) is 3.58. The van der Waals surface area contributed by atoms with Gasteiger partial charge >= 0.3 is 0 Å². The van der Waals surface area contributed by atoms with Crippen LogP contribution < -0.4 is 5.73 Å². The molecule has 0 saturated carbocycles. The summed E-state index contributed by atoms with van der Waals surface area (Å²) in [7, 11) is 3.54. The average Bonchev–Trinajstić information content (AvgIpc) is 2.42. The van der Waals surface area contributed by atoms with Gasteiger partial charge in [-0.1, -0.05) is 13.8 Å². The first kappa shape index (κ1) is 14.7. The van der Waals surface area contributed by atoms with Crippen molar-refractivity contribution in [3.63, 3.8) is 0 Å². The van der Waals surface area contributed by atoms with Gasteiger partial charge < -0.3 is 10.6 Å². The van der Waals surface area contributed by atoms with Crippen molar-refractivity contribution in [2.45, 2.75) is 33.6 Å². The van der Waals surface area contributed by atoms with Crippen LogP contribution in [0.15, 0.2) is 16.3 Å². The molecule has 1 heterocycles. The number of nitrogens with two attached hydrogens (primary N) is 1. The lowest BCUT2D eigenvalue weighted by molar-refractivity contribution is -0.129. The van der Waals surface area contributed by atoms with Crippen molar-refractivity contribution in [1.82, 2.24) is 4.90 Å². The van der Waals surface area contributed by atoms with Crippen LogP contribution in [0.25, 0.3) is 0 Å². The van der Waals surface area contributed by atoms with Crippen LogP contribution in [0.2, 0.25) is 0 Å². The largest absolute Gasteiger partial charge is 0.402 e. The van der Waals surface area contributed by atoms with Gasteiger partial charge in [-0.05, 0) is 13.3 Å². The Morgan fingerprint density at radius 3 is 2.38 bits per heavy atom. The van der Waals surface area contributed by atoms with Crippen LogP contribution >= 0.6 is 0 Å². The molecule has 16 heavy (non-hydrogen) atoms. The minimum Gasteiger partial charge on any atom is -0.402 e. The predicted molar refractivity (Wildman–Crippen MR) is 68.5 cm³/mol. The number of carbonyl (C=O) groups is 1. The molecule has 0 aromatic rings. The van der Waals surface area contributed by atoms with Gasteiger partial charge in [0.1, 0.15) is 0 Å². The number of hydrogen-bond donors (Lipinski definition) is 1. The summed E-state index contributed by atoms with van der Waals surface area (Å²) in [5, 5.41) is 0. The number of aliphatic imine (C=N–C) groups is 1. The summed E-state index contributed by atoms with van der Waals surface area (Å²) >= 11 is 0. The summed E-state index contributed by atoms with van der Waals surface area (Å²) in [4.78, 5) is 17.3. The molecular weight excluding hydrogens is 202 g/mol. The van der Waals surface area contributed by atoms with E-state index >= 15 is 0 Å². The number of rotatable bonds is 0. The number of likely N-dealkylation sites (tertiary alicyclic amines) is 1. The molecule has 0 aliphatic carbocycles. The summed E-state index contributed by atoms with van der Waals surface area (Å²) < 4.78 is 0. The van der Waals surface area contributed by atoms with Crippen LogP contribution in [-0.2, 0) is 4.79 Å². The van der Waals surface area contributed by atoms with Gasteiger partial charge in [0.15, 0.2) is 0 Å². The fraction of sp³-hybridized carbons (Fsp3) is 0.667. The number of amides is 1. The number of allylic oxidation sites excluding steroid dienone is 1. The van der Waals surface area contributed by atoms with E-state index in [1.165, 1.54) is 0 Å². The van der Waals surface area contributed by atoms with Gasteiger partial charge in [-0.2, -0.15) is 0 Å². The van der Waals surface area contributed by atoms with Crippen LogP contribution in [0, 0.1) is 0 Å². The topological polar surface area (TPSA) is 58.7 Å². The summed E-state index contributed by atoms with van der Waals surface area (Å²) in [5.41, 5.74) is 8.49. The molecule has 4 nitrogen and oxygen atoms in total. The molecule has 1 fully saturated rings. The Hall–Kier alpha value is -1.32. The van der Waals surface area contributed by atoms with Gasteiger partial charge in [-0.15, -0.1) is 0 Å². The molecule has 1 aliphatic rings. The van der Waals surface area contributed by atoms with E-state index in [1.54, 1.807) is 19.0 Å². The molecule has 0 bridgehead atoms. The van der Waals surface area contributed by atoms with E-state index in [0.29, 0.717) is 19.4 Å². The molecule has 92 valence electrons. The Bertz CT molecular complexity index is 301. The van der Waals surface area contributed by atoms with Gasteiger partial charge in [-0.25, -0.2) is 0 Å². The van der Waals surface area contributed by atoms with Crippen LogP contribution in [0.3, 0.4) is 0 Å². The molecule has 0 aromatic heterocycles. The first-order valence-corrected chi connectivity index (χ1v) is 5.71. The van der Waals surface area contributed by atoms with E-state index < -0.39 is 0 Å². The van der Waals surface area contributed by atoms with Crippen molar-refractivity contribution >= 4 is 11.6 Å². The van der Waals surface area contributed by atoms with E-state index in [0.717, 1.165) is 17.0 Å². The fourth-order valence-corrected chi connectivity index (χ4v) is 1.58. The van der Waals surface area contributed by atoms with Gasteiger partial charge in [0.25, 0.3) is 0 Å². The lowest BCUT2D eigenvalue weighted by Crippen LogP contribution is -2.27. The smallest absolute Gasteiger partial charge is 0.223 e. The second-order valence-corrected chi connectivity index (χ2v) is 3.58. The van der Waals surface area contributed by atoms with Crippen LogP contribution in [0.1, 0.15) is 33.6 Å². The van der Waals surface area contributed by atoms with Crippen molar-refractivity contribution < 1.29 is 4.79 Å². The molecule has 1 saturated heterocycles. The first-order valence-electron chi connectivity index (χ1n) is 5.71. The maximum atomic E-state index is 11.5. The summed E-state index contributed by atoms with van der Waals surface area (Å²) in [6, 6.07) is 0. The first-order chi connectivity index (χ1) is 7.56. The van der Waals surface area contributed by atoms with Crippen LogP contribution in [-0.4, -0.2) is 37.2 Å². The third-order valence-electron chi connectivity index (χ3n) is 2.49. The Balaban J connectivity index is 0.00000106. The standard InChI is InChI=1S/C10H17N3O.C2H6/c1-7(11)8-6-13(3)10(14)5-4-9(8)12-2;1-2/h4-6,11H2,1-3H3;1-2H3/b8-7-,12-9?;. The molecule has 0 unspecified atom stereocenters. The number of hydrogen-bond acceptors (Lipinski definition) is 3. The Kier molecular flexibility index (Phi) is 6.46. The summed E-state index contributed by atoms with van der Waals surface area (Å²) in [6.45, 7) is 6.43. The highest BCUT2D eigenvalue weighted by Gasteiger charge is 2.20. The van der Waals surface area contributed by atoms with Crippen molar-refractivity contribution in [1.29, 1.82) is 0 Å². The minimum absolute atomic E-state index is 0.155. The number of nitrogens with zero attached hydrogens (tertiary/aromatic N) is 2. The van der Waals surface area contributed by atoms with Crippen molar-refractivity contribution in [3.8, 4) is 0 Å². The Morgan fingerprint density at radius 2 is 1.94 bits per heavy atom. The zero-order valence-corrected chi connectivity index (χ0v) is 11.0. The summed E-state index contributed by atoms with van der Waals surface area (Å²) in [5.74, 6) is 0.155. The van der Waals surface area contributed by atoms with Gasteiger partial charge in [0, 0.05) is 44.0 Å². The highest BCUT2D eigenvalue weighted by molar-refractivity contribution is 6.04. The third-order valence-corrected chi connectivity index (χ3v) is 2.49. The lowest BCUT2D eigenvalue weighted by atomic mass is 10.1. The van der Waals surface area contributed by atoms with Crippen molar-refractivity contribution in [2.24, 2.45) is 10.7 Å². The SMILES string of the molecule is CC.CN=C1CCC(=O)N(C)C/C1=C(\C)N. The van der Waals surface area contributed by atoms with E-state index in [1.807, 2.05) is 20.8 Å². The fourth-order valence-electron chi connectivity index (χ4n) is 1.58. The molecule has 4 heteroatoms. The molecule has 0 radical (unpaired) electrons. The van der Waals surface area contributed by atoms with Crippen molar-refractivity contribution in [2.75, 3.05) is 20.6 Å². The summed E-state index contributed by atoms with van der Waals surface area (Å²) in [6.07, 6.45) is 1.23. The second kappa shape index (κ2) is 7.04. The molecule has 1 amide bonds. The van der Waals surface area contributed by atoms with Gasteiger partial charge in [0.05, 0.1) is 0 Å². The molecule has 0 atom stereocenters. The number of carbonyl (C=O) groups excluding carboxylic acids is 1. The van der Waals surface area contributed by atoms with Gasteiger partial charge in [0.2, 0.25) is 5.91 Å². The Labute approximate surface area is 98.2 Å². The number of likely N-dealkylation sites (N-methyl/N-ethyl adjacent to an activating group) is 1. The van der Waals surface area contributed by atoms with E-state index in [2.05, 4.69) is 4.99 Å². The maximum absolute atomic E-state index is 11.5.